The Bertz CT molecular complexity index is 620. The first kappa shape index (κ1) is 17.3. The van der Waals surface area contributed by atoms with E-state index in [0.29, 0.717) is 16.7 Å². The Labute approximate surface area is 139 Å². The maximum Gasteiger partial charge on any atom is 0.241 e. The van der Waals surface area contributed by atoms with Gasteiger partial charge in [0, 0.05) is 22.3 Å². The van der Waals surface area contributed by atoms with Gasteiger partial charge in [0.1, 0.15) is 0 Å². The van der Waals surface area contributed by atoms with Crippen LogP contribution in [0.15, 0.2) is 21.5 Å². The molecule has 1 saturated carbocycles. The summed E-state index contributed by atoms with van der Waals surface area (Å²) in [5.41, 5.74) is 7.17. The minimum atomic E-state index is -3.51. The zero-order valence-corrected chi connectivity index (χ0v) is 15.4. The van der Waals surface area contributed by atoms with E-state index in [9.17, 15) is 8.42 Å². The molecule has 0 aromatic heterocycles. The topological polar surface area (TPSA) is 72.2 Å². The van der Waals surface area contributed by atoms with Crippen LogP contribution in [0.4, 0.5) is 0 Å². The summed E-state index contributed by atoms with van der Waals surface area (Å²) < 4.78 is 28.9. The monoisotopic (exact) mass is 392 g/mol. The van der Waals surface area contributed by atoms with Crippen molar-refractivity contribution in [3.05, 3.63) is 27.7 Å². The minimum Gasteiger partial charge on any atom is -0.326 e. The van der Waals surface area contributed by atoms with Crippen molar-refractivity contribution < 1.29 is 8.42 Å². The summed E-state index contributed by atoms with van der Waals surface area (Å²) in [6.45, 7) is 2.12. The summed E-state index contributed by atoms with van der Waals surface area (Å²) in [7, 11) is -3.51. The van der Waals surface area contributed by atoms with Crippen LogP contribution in [-0.2, 0) is 16.6 Å². The summed E-state index contributed by atoms with van der Waals surface area (Å²) in [6.07, 6.45) is 4.95. The molecule has 0 saturated heterocycles. The van der Waals surface area contributed by atoms with E-state index in [0.717, 1.165) is 34.9 Å². The fourth-order valence-electron chi connectivity index (χ4n) is 2.65. The Balaban J connectivity index is 2.26. The number of halogens is 1. The third kappa shape index (κ3) is 4.01. The molecule has 1 aromatic rings. The summed E-state index contributed by atoms with van der Waals surface area (Å²) in [4.78, 5) is 0.324. The van der Waals surface area contributed by atoms with E-state index < -0.39 is 10.0 Å². The van der Waals surface area contributed by atoms with Gasteiger partial charge in [-0.1, -0.05) is 15.9 Å². The normalized spacial score (nSPS) is 22.7. The highest BCUT2D eigenvalue weighted by Gasteiger charge is 2.29. The number of rotatable bonds is 5. The molecule has 0 bridgehead atoms. The number of hydrogen-bond donors (Lipinski definition) is 2. The summed E-state index contributed by atoms with van der Waals surface area (Å²) in [6, 6.07) is 3.57. The van der Waals surface area contributed by atoms with Crippen molar-refractivity contribution in [3.63, 3.8) is 0 Å². The highest BCUT2D eigenvalue weighted by Crippen LogP contribution is 2.30. The van der Waals surface area contributed by atoms with Crippen LogP contribution in [0.3, 0.4) is 0 Å². The third-order valence-electron chi connectivity index (χ3n) is 3.92. The second-order valence-electron chi connectivity index (χ2n) is 5.39. The molecule has 2 rings (SSSR count). The van der Waals surface area contributed by atoms with Crippen LogP contribution in [0.1, 0.15) is 30.4 Å². The van der Waals surface area contributed by atoms with Crippen molar-refractivity contribution in [2.75, 3.05) is 6.26 Å². The average Bonchev–Trinajstić information content (AvgIpc) is 2.88. The zero-order valence-electron chi connectivity index (χ0n) is 12.2. The molecule has 1 aliphatic rings. The van der Waals surface area contributed by atoms with Crippen LogP contribution in [0.2, 0.25) is 0 Å². The second-order valence-corrected chi connectivity index (χ2v) is 9.07. The number of nitrogens with two attached hydrogens (primary N) is 1. The third-order valence-corrected chi connectivity index (χ3v) is 7.49. The summed E-state index contributed by atoms with van der Waals surface area (Å²) >= 11 is 5.22. The van der Waals surface area contributed by atoms with E-state index in [2.05, 4.69) is 26.9 Å². The quantitative estimate of drug-likeness (QED) is 0.807. The maximum absolute atomic E-state index is 12.6. The standard InChI is InChI=1S/C14H21BrN2O2S2/c1-9-13(15)5-10(8-16)6-14(9)21(18,19)17-11-3-4-12(7-11)20-2/h5-6,11-12,17H,3-4,7-8,16H2,1-2H3. The molecule has 2 unspecified atom stereocenters. The first-order valence-corrected chi connectivity index (χ1v) is 10.5. The van der Waals surface area contributed by atoms with Crippen LogP contribution in [0.25, 0.3) is 0 Å². The lowest BCUT2D eigenvalue weighted by atomic mass is 10.1. The van der Waals surface area contributed by atoms with Crippen molar-refractivity contribution >= 4 is 37.7 Å². The largest absolute Gasteiger partial charge is 0.326 e. The van der Waals surface area contributed by atoms with Crippen molar-refractivity contribution in [2.45, 2.75) is 48.9 Å². The number of nitrogens with one attached hydrogen (secondary N) is 1. The van der Waals surface area contributed by atoms with E-state index in [1.54, 1.807) is 13.0 Å². The number of thioether (sulfide) groups is 1. The van der Waals surface area contributed by atoms with Crippen molar-refractivity contribution in [1.29, 1.82) is 0 Å². The Kier molecular flexibility index (Phi) is 5.76. The zero-order chi connectivity index (χ0) is 15.6. The number of hydrogen-bond acceptors (Lipinski definition) is 4. The van der Waals surface area contributed by atoms with Gasteiger partial charge in [0.2, 0.25) is 10.0 Å². The van der Waals surface area contributed by atoms with Gasteiger partial charge in [-0.3, -0.25) is 0 Å². The molecule has 2 atom stereocenters. The molecule has 0 aliphatic heterocycles. The predicted octanol–water partition coefficient (Wildman–Crippen LogP) is 2.78. The smallest absolute Gasteiger partial charge is 0.241 e. The number of sulfonamides is 1. The molecule has 1 aromatic carbocycles. The van der Waals surface area contributed by atoms with Gasteiger partial charge in [0.25, 0.3) is 0 Å². The SMILES string of the molecule is CSC1CCC(NS(=O)(=O)c2cc(CN)cc(Br)c2C)C1. The van der Waals surface area contributed by atoms with Crippen molar-refractivity contribution in [1.82, 2.24) is 4.72 Å². The molecular weight excluding hydrogens is 372 g/mol. The fourth-order valence-corrected chi connectivity index (χ4v) is 5.68. The predicted molar refractivity (Wildman–Crippen MR) is 92.0 cm³/mol. The lowest BCUT2D eigenvalue weighted by Crippen LogP contribution is -2.33. The maximum atomic E-state index is 12.6. The lowest BCUT2D eigenvalue weighted by molar-refractivity contribution is 0.552. The molecule has 0 spiro atoms. The number of benzene rings is 1. The molecule has 7 heteroatoms. The lowest BCUT2D eigenvalue weighted by Gasteiger charge is -2.16. The van der Waals surface area contributed by atoms with E-state index in [1.165, 1.54) is 0 Å². The van der Waals surface area contributed by atoms with Crippen molar-refractivity contribution in [3.8, 4) is 0 Å². The molecule has 1 fully saturated rings. The van der Waals surface area contributed by atoms with E-state index >= 15 is 0 Å². The van der Waals surface area contributed by atoms with Gasteiger partial charge in [0.05, 0.1) is 4.90 Å². The molecule has 118 valence electrons. The Hall–Kier alpha value is -0.0800. The first-order valence-electron chi connectivity index (χ1n) is 6.91. The Morgan fingerprint density at radius 2 is 2.14 bits per heavy atom. The summed E-state index contributed by atoms with van der Waals surface area (Å²) in [5, 5.41) is 0.556. The molecule has 21 heavy (non-hydrogen) atoms. The van der Waals surface area contributed by atoms with E-state index in [1.807, 2.05) is 17.8 Å². The van der Waals surface area contributed by atoms with Crippen LogP contribution < -0.4 is 10.5 Å². The van der Waals surface area contributed by atoms with Crippen molar-refractivity contribution in [2.24, 2.45) is 5.73 Å². The van der Waals surface area contributed by atoms with Gasteiger partial charge >= 0.3 is 0 Å². The van der Waals surface area contributed by atoms with Crippen LogP contribution in [0.5, 0.6) is 0 Å². The average molecular weight is 393 g/mol. The van der Waals surface area contributed by atoms with E-state index in [-0.39, 0.29) is 6.04 Å². The fraction of sp³-hybridized carbons (Fsp3) is 0.571. The first-order chi connectivity index (χ1) is 9.87. The summed E-state index contributed by atoms with van der Waals surface area (Å²) in [5.74, 6) is 0. The molecule has 4 nitrogen and oxygen atoms in total. The van der Waals surface area contributed by atoms with Gasteiger partial charge in [-0.2, -0.15) is 11.8 Å². The van der Waals surface area contributed by atoms with Gasteiger partial charge in [-0.05, 0) is 55.7 Å². The molecule has 1 aliphatic carbocycles. The Morgan fingerprint density at radius 3 is 2.71 bits per heavy atom. The highest BCUT2D eigenvalue weighted by molar-refractivity contribution is 9.10. The van der Waals surface area contributed by atoms with Gasteiger partial charge < -0.3 is 5.73 Å². The molecular formula is C14H21BrN2O2S2. The Morgan fingerprint density at radius 1 is 1.43 bits per heavy atom. The van der Waals surface area contributed by atoms with Crippen LogP contribution in [0, 0.1) is 6.92 Å². The molecule has 0 radical (unpaired) electrons. The molecule has 0 amide bonds. The minimum absolute atomic E-state index is 0.0344. The van der Waals surface area contributed by atoms with Gasteiger partial charge in [-0.15, -0.1) is 0 Å². The van der Waals surface area contributed by atoms with E-state index in [4.69, 9.17) is 5.73 Å². The highest BCUT2D eigenvalue weighted by atomic mass is 79.9. The van der Waals surface area contributed by atoms with Crippen LogP contribution >= 0.6 is 27.7 Å². The van der Waals surface area contributed by atoms with Crippen LogP contribution in [-0.4, -0.2) is 26.0 Å². The molecule has 3 N–H and O–H groups in total. The van der Waals surface area contributed by atoms with Gasteiger partial charge in [-0.25, -0.2) is 13.1 Å². The van der Waals surface area contributed by atoms with Gasteiger partial charge in [0.15, 0.2) is 0 Å². The second kappa shape index (κ2) is 7.00. The molecule has 0 heterocycles.